The molecule has 1 heterocycles. The molecule has 5 nitrogen and oxygen atoms in total. The third-order valence-electron chi connectivity index (χ3n) is 5.78. The van der Waals surface area contributed by atoms with E-state index in [1.165, 1.54) is 16.3 Å². The highest BCUT2D eigenvalue weighted by Crippen LogP contribution is 2.24. The zero-order valence-corrected chi connectivity index (χ0v) is 17.9. The quantitative estimate of drug-likeness (QED) is 0.291. The lowest BCUT2D eigenvalue weighted by atomic mass is 10.0. The number of hydrogen-bond acceptors (Lipinski definition) is 3. The molecule has 5 heteroatoms. The zero-order chi connectivity index (χ0) is 22.6. The molecule has 1 aromatic heterocycles. The van der Waals surface area contributed by atoms with Crippen molar-refractivity contribution in [3.05, 3.63) is 120 Å². The summed E-state index contributed by atoms with van der Waals surface area (Å²) in [6.45, 7) is 0.717. The van der Waals surface area contributed by atoms with Crippen LogP contribution in [0.5, 0.6) is 0 Å². The lowest BCUT2D eigenvalue weighted by Gasteiger charge is -2.09. The van der Waals surface area contributed by atoms with Crippen molar-refractivity contribution in [3.8, 4) is 0 Å². The Morgan fingerprint density at radius 1 is 0.879 bits per heavy atom. The summed E-state index contributed by atoms with van der Waals surface area (Å²) in [5.41, 5.74) is 6.18. The molecule has 33 heavy (non-hydrogen) atoms. The molecule has 4 aromatic carbocycles. The van der Waals surface area contributed by atoms with Gasteiger partial charge in [-0.2, -0.15) is 5.10 Å². The van der Waals surface area contributed by atoms with Gasteiger partial charge in [0.25, 0.3) is 5.91 Å². The number of para-hydroxylation sites is 1. The molecule has 1 amide bonds. The van der Waals surface area contributed by atoms with E-state index in [1.807, 2.05) is 30.5 Å². The van der Waals surface area contributed by atoms with Crippen LogP contribution in [0.3, 0.4) is 0 Å². The fourth-order valence-corrected chi connectivity index (χ4v) is 4.14. The minimum absolute atomic E-state index is 0.525. The molecule has 1 atom stereocenters. The van der Waals surface area contributed by atoms with E-state index in [1.54, 1.807) is 30.5 Å². The number of nitrogens with one attached hydrogen (secondary N) is 1. The first-order chi connectivity index (χ1) is 16.2. The fraction of sp³-hybridized carbons (Fsp3) is 0.0714. The lowest BCUT2D eigenvalue weighted by Crippen LogP contribution is -2.25. The van der Waals surface area contributed by atoms with Gasteiger partial charge in [-0.15, -0.1) is 0 Å². The van der Waals surface area contributed by atoms with Crippen molar-refractivity contribution in [1.29, 1.82) is 0 Å². The number of aromatic nitrogens is 1. The van der Waals surface area contributed by atoms with E-state index in [9.17, 15) is 9.90 Å². The van der Waals surface area contributed by atoms with Crippen molar-refractivity contribution in [1.82, 2.24) is 9.99 Å². The number of aliphatic hydroxyl groups excluding tert-OH is 1. The molecule has 0 bridgehead atoms. The smallest absolute Gasteiger partial charge is 0.273 e. The Morgan fingerprint density at radius 2 is 1.58 bits per heavy atom. The topological polar surface area (TPSA) is 66.6 Å². The third kappa shape index (κ3) is 4.27. The van der Waals surface area contributed by atoms with Gasteiger partial charge in [0.1, 0.15) is 0 Å². The van der Waals surface area contributed by atoms with Gasteiger partial charge in [0, 0.05) is 29.2 Å². The Hall–Kier alpha value is -4.22. The predicted octanol–water partition coefficient (Wildman–Crippen LogP) is 5.03. The van der Waals surface area contributed by atoms with Crippen LogP contribution in [0.4, 0.5) is 0 Å². The van der Waals surface area contributed by atoms with E-state index in [0.717, 1.165) is 23.0 Å². The molecule has 0 saturated heterocycles. The standard InChI is InChI=1S/C28H23N3O2/c32-27(21-10-2-1-3-11-21)28(33)30-29-17-23-19-31(26-16-7-6-15-25(23)26)18-22-13-8-12-20-9-4-5-14-24(20)22/h1-17,19,27,32H,18H2,(H,30,33)/b29-17-/t27-/m0/s1. The van der Waals surface area contributed by atoms with Crippen LogP contribution in [0.2, 0.25) is 0 Å². The summed E-state index contributed by atoms with van der Waals surface area (Å²) in [7, 11) is 0. The van der Waals surface area contributed by atoms with Gasteiger partial charge in [-0.3, -0.25) is 4.79 Å². The van der Waals surface area contributed by atoms with Crippen LogP contribution in [-0.4, -0.2) is 21.8 Å². The van der Waals surface area contributed by atoms with Gasteiger partial charge in [0.15, 0.2) is 6.10 Å². The first-order valence-corrected chi connectivity index (χ1v) is 10.8. The van der Waals surface area contributed by atoms with Crippen molar-refractivity contribution < 1.29 is 9.90 Å². The maximum absolute atomic E-state index is 12.3. The summed E-state index contributed by atoms with van der Waals surface area (Å²) in [6.07, 6.45) is 2.39. The number of benzene rings is 4. The molecule has 0 radical (unpaired) electrons. The summed E-state index contributed by atoms with van der Waals surface area (Å²) in [5.74, 6) is -0.572. The average molecular weight is 434 g/mol. The number of hydrogen-bond donors (Lipinski definition) is 2. The zero-order valence-electron chi connectivity index (χ0n) is 17.9. The molecule has 0 unspecified atom stereocenters. The molecule has 162 valence electrons. The van der Waals surface area contributed by atoms with Crippen LogP contribution in [0.1, 0.15) is 22.8 Å². The van der Waals surface area contributed by atoms with Crippen LogP contribution in [0, 0.1) is 0 Å². The number of nitrogens with zero attached hydrogens (tertiary/aromatic N) is 2. The molecule has 0 aliphatic rings. The Kier molecular flexibility index (Phi) is 5.70. The number of carbonyl (C=O) groups is 1. The Morgan fingerprint density at radius 3 is 2.42 bits per heavy atom. The van der Waals surface area contributed by atoms with Crippen molar-refractivity contribution in [2.75, 3.05) is 0 Å². The largest absolute Gasteiger partial charge is 0.378 e. The molecule has 0 aliphatic heterocycles. The first-order valence-electron chi connectivity index (χ1n) is 10.8. The van der Waals surface area contributed by atoms with Crippen molar-refractivity contribution in [2.24, 2.45) is 5.10 Å². The maximum atomic E-state index is 12.3. The Bertz CT molecular complexity index is 1450. The molecule has 5 aromatic rings. The van der Waals surface area contributed by atoms with Gasteiger partial charge >= 0.3 is 0 Å². The Labute approximate surface area is 191 Å². The van der Waals surface area contributed by atoms with Crippen LogP contribution >= 0.6 is 0 Å². The number of amides is 1. The van der Waals surface area contributed by atoms with Gasteiger partial charge in [-0.25, -0.2) is 5.43 Å². The molecular weight excluding hydrogens is 410 g/mol. The van der Waals surface area contributed by atoms with Gasteiger partial charge in [0.2, 0.25) is 0 Å². The SMILES string of the molecule is O=C(N/N=C\c1cn(Cc2cccc3ccccc23)c2ccccc12)[C@@H](O)c1ccccc1. The van der Waals surface area contributed by atoms with E-state index in [-0.39, 0.29) is 0 Å². The number of rotatable bonds is 6. The second kappa shape index (κ2) is 9.10. The second-order valence-corrected chi connectivity index (χ2v) is 7.92. The number of carbonyl (C=O) groups excluding carboxylic acids is 1. The minimum atomic E-state index is -1.27. The number of hydrazone groups is 1. The third-order valence-corrected chi connectivity index (χ3v) is 5.78. The monoisotopic (exact) mass is 433 g/mol. The van der Waals surface area contributed by atoms with E-state index in [2.05, 4.69) is 63.6 Å². The maximum Gasteiger partial charge on any atom is 0.273 e. The lowest BCUT2D eigenvalue weighted by molar-refractivity contribution is -0.129. The molecule has 5 rings (SSSR count). The van der Waals surface area contributed by atoms with Crippen molar-refractivity contribution in [2.45, 2.75) is 12.6 Å². The highest BCUT2D eigenvalue weighted by molar-refractivity contribution is 6.00. The summed E-state index contributed by atoms with van der Waals surface area (Å²) in [5, 5.41) is 17.8. The summed E-state index contributed by atoms with van der Waals surface area (Å²) in [4.78, 5) is 12.3. The molecule has 0 fully saturated rings. The van der Waals surface area contributed by atoms with Gasteiger partial charge < -0.3 is 9.67 Å². The molecule has 0 aliphatic carbocycles. The second-order valence-electron chi connectivity index (χ2n) is 7.92. The summed E-state index contributed by atoms with van der Waals surface area (Å²) >= 11 is 0. The van der Waals surface area contributed by atoms with E-state index < -0.39 is 12.0 Å². The molecule has 0 saturated carbocycles. The van der Waals surface area contributed by atoms with Crippen LogP contribution in [0.25, 0.3) is 21.7 Å². The normalized spacial score (nSPS) is 12.4. The number of fused-ring (bicyclic) bond motifs is 2. The van der Waals surface area contributed by atoms with Gasteiger partial charge in [0.05, 0.1) is 6.21 Å². The molecule has 2 N–H and O–H groups in total. The summed E-state index contributed by atoms with van der Waals surface area (Å²) < 4.78 is 2.19. The van der Waals surface area contributed by atoms with E-state index >= 15 is 0 Å². The van der Waals surface area contributed by atoms with Crippen molar-refractivity contribution in [3.63, 3.8) is 0 Å². The predicted molar refractivity (Wildman–Crippen MR) is 132 cm³/mol. The van der Waals surface area contributed by atoms with Gasteiger partial charge in [-0.1, -0.05) is 91.0 Å². The Balaban J connectivity index is 1.40. The first kappa shape index (κ1) is 20.7. The van der Waals surface area contributed by atoms with Crippen LogP contribution in [-0.2, 0) is 11.3 Å². The highest BCUT2D eigenvalue weighted by Gasteiger charge is 2.16. The highest BCUT2D eigenvalue weighted by atomic mass is 16.3. The van der Waals surface area contributed by atoms with Crippen LogP contribution < -0.4 is 5.43 Å². The average Bonchev–Trinajstić information content (AvgIpc) is 3.21. The molecular formula is C28H23N3O2. The summed E-state index contributed by atoms with van der Waals surface area (Å²) in [6, 6.07) is 31.6. The van der Waals surface area contributed by atoms with Crippen LogP contribution in [0.15, 0.2) is 108 Å². The fourth-order valence-electron chi connectivity index (χ4n) is 4.14. The van der Waals surface area contributed by atoms with E-state index in [0.29, 0.717) is 5.56 Å². The van der Waals surface area contributed by atoms with E-state index in [4.69, 9.17) is 0 Å². The van der Waals surface area contributed by atoms with Crippen molar-refractivity contribution >= 4 is 33.8 Å². The minimum Gasteiger partial charge on any atom is -0.378 e. The van der Waals surface area contributed by atoms with Gasteiger partial charge in [-0.05, 0) is 28.0 Å². The molecule has 0 spiro atoms. The number of aliphatic hydroxyl groups is 1.